The molecule has 0 fully saturated rings. The number of hydrogen-bond acceptors (Lipinski definition) is 6. The first-order chi connectivity index (χ1) is 12.5. The van der Waals surface area contributed by atoms with Gasteiger partial charge >= 0.3 is 0 Å². The van der Waals surface area contributed by atoms with Crippen molar-refractivity contribution < 1.29 is 8.78 Å². The first-order valence-corrected chi connectivity index (χ1v) is 7.91. The van der Waals surface area contributed by atoms with Crippen molar-refractivity contribution in [3.8, 4) is 0 Å². The van der Waals surface area contributed by atoms with Gasteiger partial charge in [-0.25, -0.2) is 18.7 Å². The van der Waals surface area contributed by atoms with E-state index in [1.807, 2.05) is 19.1 Å². The smallest absolute Gasteiger partial charge is 0.233 e. The van der Waals surface area contributed by atoms with Gasteiger partial charge in [-0.05, 0) is 26.0 Å². The predicted octanol–water partition coefficient (Wildman–Crippen LogP) is 3.82. The molecule has 2 aromatic heterocycles. The van der Waals surface area contributed by atoms with Gasteiger partial charge in [0.25, 0.3) is 0 Å². The molecule has 3 rings (SSSR count). The van der Waals surface area contributed by atoms with Crippen LogP contribution < -0.4 is 10.6 Å². The fourth-order valence-electron chi connectivity index (χ4n) is 2.33. The summed E-state index contributed by atoms with van der Waals surface area (Å²) in [7, 11) is 0. The lowest BCUT2D eigenvalue weighted by Gasteiger charge is -2.15. The van der Waals surface area contributed by atoms with Crippen molar-refractivity contribution in [3.63, 3.8) is 0 Å². The summed E-state index contributed by atoms with van der Waals surface area (Å²) >= 11 is 0. The van der Waals surface area contributed by atoms with Crippen LogP contribution in [-0.4, -0.2) is 25.1 Å². The van der Waals surface area contributed by atoms with Gasteiger partial charge in [-0.3, -0.25) is 5.10 Å². The van der Waals surface area contributed by atoms with Crippen LogP contribution in [0.1, 0.15) is 31.1 Å². The Hall–Kier alpha value is -3.36. The number of aromatic nitrogens is 5. The average Bonchev–Trinajstić information content (AvgIpc) is 3.02. The number of benzene rings is 1. The summed E-state index contributed by atoms with van der Waals surface area (Å²) < 4.78 is 26.9. The van der Waals surface area contributed by atoms with Crippen molar-refractivity contribution in [2.75, 3.05) is 10.6 Å². The Morgan fingerprint density at radius 3 is 2.73 bits per heavy atom. The van der Waals surface area contributed by atoms with Crippen LogP contribution in [0.3, 0.4) is 0 Å². The van der Waals surface area contributed by atoms with E-state index in [0.29, 0.717) is 11.4 Å². The standard InChI is InChI=1S/C17H17F2N7/c1-3-4-12-8-15(26-25-12)23-17-21-9-20-16(24-17)22-10(2)13-6-5-11(18)7-14(13)19/h3-10H,1-2H3,(H3,20,21,22,23,24,25,26)/b4-3+. The fourth-order valence-corrected chi connectivity index (χ4v) is 2.33. The molecule has 26 heavy (non-hydrogen) atoms. The average molecular weight is 357 g/mol. The summed E-state index contributed by atoms with van der Waals surface area (Å²) in [4.78, 5) is 12.3. The highest BCUT2D eigenvalue weighted by Crippen LogP contribution is 2.21. The number of anilines is 3. The maximum atomic E-state index is 13.9. The second-order valence-electron chi connectivity index (χ2n) is 5.50. The summed E-state index contributed by atoms with van der Waals surface area (Å²) in [6, 6.07) is 4.77. The Morgan fingerprint density at radius 2 is 1.96 bits per heavy atom. The predicted molar refractivity (Wildman–Crippen MR) is 94.8 cm³/mol. The molecule has 3 aromatic rings. The molecule has 0 bridgehead atoms. The molecule has 0 amide bonds. The zero-order chi connectivity index (χ0) is 18.5. The number of hydrogen-bond donors (Lipinski definition) is 3. The van der Waals surface area contributed by atoms with Gasteiger partial charge in [0.05, 0.1) is 11.7 Å². The van der Waals surface area contributed by atoms with E-state index in [1.54, 1.807) is 13.0 Å². The topological polar surface area (TPSA) is 91.4 Å². The van der Waals surface area contributed by atoms with Crippen molar-refractivity contribution >= 4 is 23.8 Å². The number of allylic oxidation sites excluding steroid dienone is 1. The zero-order valence-corrected chi connectivity index (χ0v) is 14.2. The van der Waals surface area contributed by atoms with E-state index in [4.69, 9.17) is 0 Å². The third kappa shape index (κ3) is 4.18. The summed E-state index contributed by atoms with van der Waals surface area (Å²) in [6.07, 6.45) is 5.08. The molecule has 0 saturated heterocycles. The molecule has 0 aliphatic heterocycles. The van der Waals surface area contributed by atoms with Crippen molar-refractivity contribution in [2.24, 2.45) is 0 Å². The van der Waals surface area contributed by atoms with E-state index in [2.05, 4.69) is 35.8 Å². The molecule has 2 heterocycles. The number of rotatable bonds is 6. The fraction of sp³-hybridized carbons (Fsp3) is 0.176. The first-order valence-electron chi connectivity index (χ1n) is 7.91. The van der Waals surface area contributed by atoms with Gasteiger partial charge in [-0.1, -0.05) is 12.1 Å². The van der Waals surface area contributed by atoms with E-state index in [0.717, 1.165) is 11.8 Å². The van der Waals surface area contributed by atoms with Crippen LogP contribution in [-0.2, 0) is 0 Å². The van der Waals surface area contributed by atoms with Gasteiger partial charge in [-0.2, -0.15) is 10.1 Å². The van der Waals surface area contributed by atoms with Gasteiger partial charge in [0, 0.05) is 17.7 Å². The van der Waals surface area contributed by atoms with Crippen LogP contribution in [0, 0.1) is 11.6 Å². The quantitative estimate of drug-likeness (QED) is 0.621. The third-order valence-electron chi connectivity index (χ3n) is 3.53. The highest BCUT2D eigenvalue weighted by molar-refractivity contribution is 5.55. The second kappa shape index (κ2) is 7.68. The largest absolute Gasteiger partial charge is 0.347 e. The highest BCUT2D eigenvalue weighted by atomic mass is 19.1. The molecule has 1 unspecified atom stereocenters. The molecular formula is C17H17F2N7. The van der Waals surface area contributed by atoms with E-state index < -0.39 is 17.7 Å². The lowest BCUT2D eigenvalue weighted by molar-refractivity contribution is 0.566. The number of halogens is 2. The maximum Gasteiger partial charge on any atom is 0.233 e. The van der Waals surface area contributed by atoms with Crippen LogP contribution >= 0.6 is 0 Å². The third-order valence-corrected chi connectivity index (χ3v) is 3.53. The molecular weight excluding hydrogens is 340 g/mol. The molecule has 1 aromatic carbocycles. The van der Waals surface area contributed by atoms with Crippen LogP contribution in [0.4, 0.5) is 26.5 Å². The van der Waals surface area contributed by atoms with E-state index in [9.17, 15) is 8.78 Å². The summed E-state index contributed by atoms with van der Waals surface area (Å²) in [6.45, 7) is 3.63. The van der Waals surface area contributed by atoms with Crippen LogP contribution in [0.25, 0.3) is 6.08 Å². The van der Waals surface area contributed by atoms with Crippen LogP contribution in [0.2, 0.25) is 0 Å². The summed E-state index contributed by atoms with van der Waals surface area (Å²) in [5.41, 5.74) is 1.15. The molecule has 0 radical (unpaired) electrons. The Bertz CT molecular complexity index is 923. The number of aromatic amines is 1. The maximum absolute atomic E-state index is 13.9. The molecule has 9 heteroatoms. The molecule has 0 saturated carbocycles. The molecule has 3 N–H and O–H groups in total. The minimum atomic E-state index is -0.634. The lowest BCUT2D eigenvalue weighted by Crippen LogP contribution is -2.12. The second-order valence-corrected chi connectivity index (χ2v) is 5.50. The summed E-state index contributed by atoms with van der Waals surface area (Å²) in [5.74, 6) is -0.171. The number of H-pyrrole nitrogens is 1. The normalized spacial score (nSPS) is 12.3. The molecule has 7 nitrogen and oxygen atoms in total. The van der Waals surface area contributed by atoms with Gasteiger partial charge in [0.1, 0.15) is 18.0 Å². The molecule has 134 valence electrons. The van der Waals surface area contributed by atoms with Crippen molar-refractivity contribution in [2.45, 2.75) is 19.9 Å². The highest BCUT2D eigenvalue weighted by Gasteiger charge is 2.13. The molecule has 0 spiro atoms. The Balaban J connectivity index is 1.72. The molecule has 1 atom stereocenters. The van der Waals surface area contributed by atoms with E-state index in [-0.39, 0.29) is 11.9 Å². The van der Waals surface area contributed by atoms with Gasteiger partial charge in [0.2, 0.25) is 11.9 Å². The minimum absolute atomic E-state index is 0.253. The van der Waals surface area contributed by atoms with Crippen LogP contribution in [0.5, 0.6) is 0 Å². The molecule has 0 aliphatic rings. The van der Waals surface area contributed by atoms with Gasteiger partial charge < -0.3 is 10.6 Å². The zero-order valence-electron chi connectivity index (χ0n) is 14.2. The van der Waals surface area contributed by atoms with Crippen LogP contribution in [0.15, 0.2) is 36.7 Å². The van der Waals surface area contributed by atoms with Gasteiger partial charge in [-0.15, -0.1) is 0 Å². The van der Waals surface area contributed by atoms with E-state index in [1.165, 1.54) is 18.5 Å². The van der Waals surface area contributed by atoms with Gasteiger partial charge in [0.15, 0.2) is 5.82 Å². The SMILES string of the molecule is C/C=C/c1cc(Nc2ncnc(NC(C)c3ccc(F)cc3F)n2)n[nH]1. The minimum Gasteiger partial charge on any atom is -0.347 e. The number of nitrogens with one attached hydrogen (secondary N) is 3. The Labute approximate surface area is 148 Å². The number of nitrogens with zero attached hydrogens (tertiary/aromatic N) is 4. The van der Waals surface area contributed by atoms with Crippen molar-refractivity contribution in [3.05, 3.63) is 59.6 Å². The summed E-state index contributed by atoms with van der Waals surface area (Å²) in [5, 5.41) is 12.9. The lowest BCUT2D eigenvalue weighted by atomic mass is 10.1. The Morgan fingerprint density at radius 1 is 1.15 bits per heavy atom. The van der Waals surface area contributed by atoms with E-state index >= 15 is 0 Å². The van der Waals surface area contributed by atoms with Crippen molar-refractivity contribution in [1.29, 1.82) is 0 Å². The Kier molecular flexibility index (Phi) is 5.16. The monoisotopic (exact) mass is 357 g/mol. The molecule has 0 aliphatic carbocycles. The first kappa shape index (κ1) is 17.5. The van der Waals surface area contributed by atoms with Crippen molar-refractivity contribution in [1.82, 2.24) is 25.1 Å².